The quantitative estimate of drug-likeness (QED) is 0.914. The van der Waals surface area contributed by atoms with Crippen LogP contribution in [0, 0.1) is 12.7 Å². The molecule has 0 spiro atoms. The Labute approximate surface area is 114 Å². The Morgan fingerprint density at radius 2 is 2.26 bits per heavy atom. The van der Waals surface area contributed by atoms with E-state index >= 15 is 0 Å². The topological polar surface area (TPSA) is 64.9 Å². The Kier molecular flexibility index (Phi) is 3.28. The summed E-state index contributed by atoms with van der Waals surface area (Å²) in [6.07, 6.45) is 0. The smallest absolute Gasteiger partial charge is 0.232 e. The van der Waals surface area contributed by atoms with E-state index in [-0.39, 0.29) is 17.8 Å². The van der Waals surface area contributed by atoms with E-state index < -0.39 is 0 Å². The number of rotatable bonds is 2. The molecule has 1 aromatic heterocycles. The minimum atomic E-state index is -0.235. The average Bonchev–Trinajstić information content (AvgIpc) is 3.01. The Morgan fingerprint density at radius 1 is 1.42 bits per heavy atom. The van der Waals surface area contributed by atoms with E-state index in [1.54, 1.807) is 30.8 Å². The van der Waals surface area contributed by atoms with E-state index in [1.807, 2.05) is 0 Å². The summed E-state index contributed by atoms with van der Waals surface area (Å²) >= 11 is 1.79. The highest BCUT2D eigenvalue weighted by atomic mass is 32.2. The van der Waals surface area contributed by atoms with Gasteiger partial charge in [-0.2, -0.15) is 16.7 Å². The summed E-state index contributed by atoms with van der Waals surface area (Å²) in [4.78, 5) is 4.39. The van der Waals surface area contributed by atoms with Gasteiger partial charge in [-0.1, -0.05) is 5.16 Å². The summed E-state index contributed by atoms with van der Waals surface area (Å²) in [5.74, 6) is 2.77. The largest absolute Gasteiger partial charge is 0.339 e. The van der Waals surface area contributed by atoms with Crippen molar-refractivity contribution in [1.29, 1.82) is 0 Å². The van der Waals surface area contributed by atoms with Gasteiger partial charge in [0.1, 0.15) is 5.82 Å². The first-order chi connectivity index (χ1) is 9.15. The van der Waals surface area contributed by atoms with E-state index in [1.165, 1.54) is 6.07 Å². The molecule has 2 aromatic rings. The van der Waals surface area contributed by atoms with Gasteiger partial charge in [0.05, 0.1) is 5.92 Å². The van der Waals surface area contributed by atoms with Gasteiger partial charge < -0.3 is 10.3 Å². The van der Waals surface area contributed by atoms with Gasteiger partial charge in [-0.05, 0) is 30.7 Å². The molecule has 100 valence electrons. The van der Waals surface area contributed by atoms with Crippen LogP contribution in [0.5, 0.6) is 0 Å². The third-order valence-corrected chi connectivity index (χ3v) is 4.52. The van der Waals surface area contributed by atoms with E-state index in [4.69, 9.17) is 10.3 Å². The lowest BCUT2D eigenvalue weighted by Gasteiger charge is -2.07. The fourth-order valence-corrected chi connectivity index (χ4v) is 3.40. The number of hydrogen-bond donors (Lipinski definition) is 1. The second kappa shape index (κ2) is 4.94. The predicted octanol–water partition coefficient (Wildman–Crippen LogP) is 2.34. The molecule has 6 heteroatoms. The molecule has 1 fully saturated rings. The van der Waals surface area contributed by atoms with Gasteiger partial charge in [0, 0.05) is 23.1 Å². The fraction of sp³-hybridized carbons (Fsp3) is 0.385. The molecule has 3 rings (SSSR count). The first kappa shape index (κ1) is 12.6. The molecule has 0 amide bonds. The summed E-state index contributed by atoms with van der Waals surface area (Å²) < 4.78 is 18.5. The molecule has 1 aliphatic heterocycles. The standard InChI is InChI=1S/C13H14FN3OS/c1-7-4-8(2-3-10(7)14)12-16-13(18-17-12)9-5-19-6-11(9)15/h2-4,9,11H,5-6,15H2,1H3. The molecule has 0 saturated carbocycles. The second-order valence-electron chi connectivity index (χ2n) is 4.73. The molecular formula is C13H14FN3OS. The minimum Gasteiger partial charge on any atom is -0.339 e. The van der Waals surface area contributed by atoms with E-state index in [0.29, 0.717) is 17.3 Å². The number of aromatic nitrogens is 2. The van der Waals surface area contributed by atoms with Crippen LogP contribution in [0.2, 0.25) is 0 Å². The molecule has 2 heterocycles. The van der Waals surface area contributed by atoms with Crippen LogP contribution < -0.4 is 5.73 Å². The molecule has 4 nitrogen and oxygen atoms in total. The molecule has 2 N–H and O–H groups in total. The number of nitrogens with zero attached hydrogens (tertiary/aromatic N) is 2. The van der Waals surface area contributed by atoms with Gasteiger partial charge in [0.25, 0.3) is 0 Å². The number of thioether (sulfide) groups is 1. The van der Waals surface area contributed by atoms with Crippen molar-refractivity contribution in [2.24, 2.45) is 5.73 Å². The van der Waals surface area contributed by atoms with Crippen LogP contribution in [0.15, 0.2) is 22.7 Å². The summed E-state index contributed by atoms with van der Waals surface area (Å²) in [7, 11) is 0. The normalized spacial score (nSPS) is 22.9. The Balaban J connectivity index is 1.90. The molecular weight excluding hydrogens is 265 g/mol. The first-order valence-electron chi connectivity index (χ1n) is 6.08. The first-order valence-corrected chi connectivity index (χ1v) is 7.24. The van der Waals surface area contributed by atoms with Crippen molar-refractivity contribution in [2.75, 3.05) is 11.5 Å². The molecule has 0 aliphatic carbocycles. The number of halogens is 1. The van der Waals surface area contributed by atoms with Gasteiger partial charge in [-0.15, -0.1) is 0 Å². The zero-order valence-corrected chi connectivity index (χ0v) is 11.3. The zero-order valence-electron chi connectivity index (χ0n) is 10.5. The lowest BCUT2D eigenvalue weighted by molar-refractivity contribution is 0.352. The molecule has 19 heavy (non-hydrogen) atoms. The summed E-state index contributed by atoms with van der Waals surface area (Å²) in [6, 6.07) is 4.85. The predicted molar refractivity (Wildman–Crippen MR) is 72.5 cm³/mol. The Hall–Kier alpha value is -1.40. The van der Waals surface area contributed by atoms with Crippen molar-refractivity contribution < 1.29 is 8.91 Å². The van der Waals surface area contributed by atoms with Crippen LogP contribution in [-0.2, 0) is 0 Å². The number of hydrogen-bond acceptors (Lipinski definition) is 5. The van der Waals surface area contributed by atoms with E-state index in [0.717, 1.165) is 17.1 Å². The number of nitrogens with two attached hydrogens (primary N) is 1. The molecule has 1 aliphatic rings. The fourth-order valence-electron chi connectivity index (χ4n) is 2.11. The van der Waals surface area contributed by atoms with Crippen LogP contribution >= 0.6 is 11.8 Å². The van der Waals surface area contributed by atoms with Crippen molar-refractivity contribution >= 4 is 11.8 Å². The Bertz CT molecular complexity index is 601. The summed E-state index contributed by atoms with van der Waals surface area (Å²) in [6.45, 7) is 1.71. The van der Waals surface area contributed by atoms with Crippen molar-refractivity contribution in [3.8, 4) is 11.4 Å². The van der Waals surface area contributed by atoms with Crippen molar-refractivity contribution in [2.45, 2.75) is 18.9 Å². The van der Waals surface area contributed by atoms with E-state index in [2.05, 4.69) is 10.1 Å². The van der Waals surface area contributed by atoms with Gasteiger partial charge in [-0.25, -0.2) is 4.39 Å². The number of benzene rings is 1. The van der Waals surface area contributed by atoms with Gasteiger partial charge in [0.15, 0.2) is 0 Å². The maximum atomic E-state index is 13.2. The molecule has 2 unspecified atom stereocenters. The lowest BCUT2D eigenvalue weighted by Crippen LogP contribution is -2.26. The van der Waals surface area contributed by atoms with Crippen molar-refractivity contribution in [3.05, 3.63) is 35.5 Å². The van der Waals surface area contributed by atoms with Gasteiger partial charge in [0.2, 0.25) is 11.7 Å². The van der Waals surface area contributed by atoms with Gasteiger partial charge >= 0.3 is 0 Å². The summed E-state index contributed by atoms with van der Waals surface area (Å²) in [5.41, 5.74) is 7.33. The molecule has 0 radical (unpaired) electrons. The third-order valence-electron chi connectivity index (χ3n) is 3.30. The molecule has 1 saturated heterocycles. The maximum absolute atomic E-state index is 13.2. The highest BCUT2D eigenvalue weighted by Gasteiger charge is 2.31. The van der Waals surface area contributed by atoms with Crippen LogP contribution in [0.1, 0.15) is 17.4 Å². The third kappa shape index (κ3) is 2.37. The second-order valence-corrected chi connectivity index (χ2v) is 5.80. The van der Waals surface area contributed by atoms with Crippen LogP contribution in [0.3, 0.4) is 0 Å². The number of aryl methyl sites for hydroxylation is 1. The Morgan fingerprint density at radius 3 is 2.95 bits per heavy atom. The summed E-state index contributed by atoms with van der Waals surface area (Å²) in [5, 5.41) is 3.96. The maximum Gasteiger partial charge on any atom is 0.232 e. The average molecular weight is 279 g/mol. The van der Waals surface area contributed by atoms with Gasteiger partial charge in [-0.3, -0.25) is 0 Å². The minimum absolute atomic E-state index is 0.0632. The zero-order chi connectivity index (χ0) is 13.4. The van der Waals surface area contributed by atoms with Crippen LogP contribution in [-0.4, -0.2) is 27.7 Å². The van der Waals surface area contributed by atoms with Crippen molar-refractivity contribution in [1.82, 2.24) is 10.1 Å². The lowest BCUT2D eigenvalue weighted by atomic mass is 10.1. The van der Waals surface area contributed by atoms with Crippen LogP contribution in [0.25, 0.3) is 11.4 Å². The monoisotopic (exact) mass is 279 g/mol. The SMILES string of the molecule is Cc1cc(-c2noc(C3CSCC3N)n2)ccc1F. The van der Waals surface area contributed by atoms with Crippen molar-refractivity contribution in [3.63, 3.8) is 0 Å². The molecule has 1 aromatic carbocycles. The molecule has 0 bridgehead atoms. The highest BCUT2D eigenvalue weighted by Crippen LogP contribution is 2.31. The van der Waals surface area contributed by atoms with Crippen LogP contribution in [0.4, 0.5) is 4.39 Å². The molecule has 2 atom stereocenters. The highest BCUT2D eigenvalue weighted by molar-refractivity contribution is 7.99. The van der Waals surface area contributed by atoms with E-state index in [9.17, 15) is 4.39 Å².